The molecule has 0 radical (unpaired) electrons. The van der Waals surface area contributed by atoms with Gasteiger partial charge in [0.2, 0.25) is 0 Å². The highest BCUT2D eigenvalue weighted by Crippen LogP contribution is 2.21. The van der Waals surface area contributed by atoms with E-state index in [1.54, 1.807) is 0 Å². The first-order valence-corrected chi connectivity index (χ1v) is 6.00. The lowest BCUT2D eigenvalue weighted by atomic mass is 10.1. The van der Waals surface area contributed by atoms with Gasteiger partial charge in [-0.15, -0.1) is 11.8 Å². The van der Waals surface area contributed by atoms with Crippen LogP contribution >= 0.6 is 11.8 Å². The van der Waals surface area contributed by atoms with Crippen LogP contribution in [0.1, 0.15) is 26.3 Å². The molecule has 1 aromatic rings. The van der Waals surface area contributed by atoms with E-state index in [4.69, 9.17) is 5.73 Å². The van der Waals surface area contributed by atoms with E-state index in [9.17, 15) is 0 Å². The number of rotatable bonds is 4. The highest BCUT2D eigenvalue weighted by Gasteiger charge is 2.10. The maximum absolute atomic E-state index is 5.92. The fraction of sp³-hybridized carbons (Fsp3) is 0.500. The summed E-state index contributed by atoms with van der Waals surface area (Å²) in [5, 5.41) is 0. The topological polar surface area (TPSA) is 26.0 Å². The van der Waals surface area contributed by atoms with Crippen LogP contribution in [0.3, 0.4) is 0 Å². The molecule has 0 aliphatic heterocycles. The monoisotopic (exact) mass is 209 g/mol. The lowest BCUT2D eigenvalue weighted by Crippen LogP contribution is -2.34. The summed E-state index contributed by atoms with van der Waals surface area (Å²) in [7, 11) is 0. The minimum Gasteiger partial charge on any atom is -0.325 e. The molecule has 0 heterocycles. The highest BCUT2D eigenvalue weighted by atomic mass is 32.2. The minimum atomic E-state index is -0.0892. The lowest BCUT2D eigenvalue weighted by Gasteiger charge is -2.17. The van der Waals surface area contributed by atoms with Crippen molar-refractivity contribution in [3.05, 3.63) is 29.8 Å². The molecule has 1 rings (SSSR count). The number of hydrogen-bond donors (Lipinski definition) is 1. The summed E-state index contributed by atoms with van der Waals surface area (Å²) < 4.78 is 0. The molecule has 0 unspecified atom stereocenters. The van der Waals surface area contributed by atoms with Crippen LogP contribution in [0.4, 0.5) is 0 Å². The number of aryl methyl sites for hydroxylation is 1. The van der Waals surface area contributed by atoms with E-state index in [2.05, 4.69) is 45.0 Å². The molecular weight excluding hydrogens is 190 g/mol. The molecule has 1 aromatic carbocycles. The molecule has 1 nitrogen and oxygen atoms in total. The molecule has 0 saturated heterocycles. The van der Waals surface area contributed by atoms with Crippen LogP contribution < -0.4 is 5.73 Å². The normalized spacial score (nSPS) is 11.7. The Bertz CT molecular complexity index is 271. The van der Waals surface area contributed by atoms with Gasteiger partial charge >= 0.3 is 0 Å². The van der Waals surface area contributed by atoms with E-state index in [1.165, 1.54) is 10.5 Å². The van der Waals surface area contributed by atoms with Gasteiger partial charge in [-0.2, -0.15) is 0 Å². The first-order valence-electron chi connectivity index (χ1n) is 5.02. The van der Waals surface area contributed by atoms with Crippen molar-refractivity contribution >= 4 is 11.8 Å². The van der Waals surface area contributed by atoms with Crippen molar-refractivity contribution in [2.24, 2.45) is 5.73 Å². The summed E-state index contributed by atoms with van der Waals surface area (Å²) in [6.07, 6.45) is 1.10. The molecule has 0 fully saturated rings. The Balaban J connectivity index is 2.52. The van der Waals surface area contributed by atoms with Crippen LogP contribution in [0.25, 0.3) is 0 Å². The van der Waals surface area contributed by atoms with Crippen LogP contribution in [-0.2, 0) is 6.42 Å². The summed E-state index contributed by atoms with van der Waals surface area (Å²) in [6, 6.07) is 8.72. The molecule has 0 atom stereocenters. The summed E-state index contributed by atoms with van der Waals surface area (Å²) in [6.45, 7) is 6.28. The second-order valence-electron chi connectivity index (χ2n) is 4.27. The fourth-order valence-electron chi connectivity index (χ4n) is 1.09. The molecule has 0 bridgehead atoms. The van der Waals surface area contributed by atoms with Gasteiger partial charge in [0, 0.05) is 16.2 Å². The Morgan fingerprint density at radius 2 is 1.79 bits per heavy atom. The largest absolute Gasteiger partial charge is 0.325 e. The molecule has 2 N–H and O–H groups in total. The van der Waals surface area contributed by atoms with Gasteiger partial charge in [0.05, 0.1) is 0 Å². The minimum absolute atomic E-state index is 0.0892. The predicted octanol–water partition coefficient (Wildman–Crippen LogP) is 3.08. The molecule has 14 heavy (non-hydrogen) atoms. The van der Waals surface area contributed by atoms with Gasteiger partial charge in [0.15, 0.2) is 0 Å². The summed E-state index contributed by atoms with van der Waals surface area (Å²) >= 11 is 1.82. The SMILES string of the molecule is CCc1ccc(SCC(C)(C)N)cc1. The maximum Gasteiger partial charge on any atom is 0.0192 e. The van der Waals surface area contributed by atoms with Crippen molar-refractivity contribution in [2.75, 3.05) is 5.75 Å². The van der Waals surface area contributed by atoms with Crippen molar-refractivity contribution < 1.29 is 0 Å². The molecule has 0 saturated carbocycles. The molecule has 2 heteroatoms. The highest BCUT2D eigenvalue weighted by molar-refractivity contribution is 7.99. The predicted molar refractivity (Wildman–Crippen MR) is 64.8 cm³/mol. The van der Waals surface area contributed by atoms with Gasteiger partial charge in [-0.25, -0.2) is 0 Å². The average Bonchev–Trinajstić information content (AvgIpc) is 2.14. The third-order valence-corrected chi connectivity index (χ3v) is 3.44. The van der Waals surface area contributed by atoms with E-state index >= 15 is 0 Å². The van der Waals surface area contributed by atoms with Crippen molar-refractivity contribution in [2.45, 2.75) is 37.6 Å². The summed E-state index contributed by atoms with van der Waals surface area (Å²) in [4.78, 5) is 1.31. The standard InChI is InChI=1S/C12H19NS/c1-4-10-5-7-11(8-6-10)14-9-12(2,3)13/h5-8H,4,9,13H2,1-3H3. The van der Waals surface area contributed by atoms with Gasteiger partial charge in [0.1, 0.15) is 0 Å². The van der Waals surface area contributed by atoms with Gasteiger partial charge in [-0.3, -0.25) is 0 Å². The Morgan fingerprint density at radius 1 is 1.21 bits per heavy atom. The number of benzene rings is 1. The summed E-state index contributed by atoms with van der Waals surface area (Å²) in [5.41, 5.74) is 7.22. The second kappa shape index (κ2) is 4.85. The van der Waals surface area contributed by atoms with Crippen LogP contribution in [0.5, 0.6) is 0 Å². The molecule has 0 aromatic heterocycles. The first-order chi connectivity index (χ1) is 6.51. The van der Waals surface area contributed by atoms with Crippen LogP contribution in [0.2, 0.25) is 0 Å². The molecule has 0 aliphatic rings. The quantitative estimate of drug-likeness (QED) is 0.771. The van der Waals surface area contributed by atoms with Gasteiger partial charge in [-0.1, -0.05) is 19.1 Å². The third kappa shape index (κ3) is 4.16. The van der Waals surface area contributed by atoms with Crippen molar-refractivity contribution in [3.8, 4) is 0 Å². The zero-order chi connectivity index (χ0) is 10.6. The van der Waals surface area contributed by atoms with Gasteiger partial charge < -0.3 is 5.73 Å². The van der Waals surface area contributed by atoms with E-state index < -0.39 is 0 Å². The van der Waals surface area contributed by atoms with Gasteiger partial charge in [0.25, 0.3) is 0 Å². The molecular formula is C12H19NS. The maximum atomic E-state index is 5.92. The Kier molecular flexibility index (Phi) is 4.02. The molecule has 0 spiro atoms. The van der Waals surface area contributed by atoms with Crippen molar-refractivity contribution in [3.63, 3.8) is 0 Å². The second-order valence-corrected chi connectivity index (χ2v) is 5.32. The van der Waals surface area contributed by atoms with E-state index in [-0.39, 0.29) is 5.54 Å². The smallest absolute Gasteiger partial charge is 0.0192 e. The first kappa shape index (κ1) is 11.6. The van der Waals surface area contributed by atoms with Crippen LogP contribution in [0.15, 0.2) is 29.2 Å². The van der Waals surface area contributed by atoms with Crippen LogP contribution in [-0.4, -0.2) is 11.3 Å². The zero-order valence-electron chi connectivity index (χ0n) is 9.21. The Hall–Kier alpha value is -0.470. The third-order valence-electron chi connectivity index (χ3n) is 1.94. The van der Waals surface area contributed by atoms with E-state index in [1.807, 2.05) is 11.8 Å². The van der Waals surface area contributed by atoms with Crippen molar-refractivity contribution in [1.29, 1.82) is 0 Å². The number of thioether (sulfide) groups is 1. The Morgan fingerprint density at radius 3 is 2.21 bits per heavy atom. The molecule has 78 valence electrons. The Labute approximate surface area is 91.1 Å². The average molecular weight is 209 g/mol. The number of nitrogens with two attached hydrogens (primary N) is 1. The molecule has 0 amide bonds. The fourth-order valence-corrected chi connectivity index (χ4v) is 1.96. The van der Waals surface area contributed by atoms with Gasteiger partial charge in [-0.05, 0) is 38.0 Å². The van der Waals surface area contributed by atoms with E-state index in [0.717, 1.165) is 12.2 Å². The lowest BCUT2D eigenvalue weighted by molar-refractivity contribution is 0.591. The van der Waals surface area contributed by atoms with E-state index in [0.29, 0.717) is 0 Å². The van der Waals surface area contributed by atoms with Crippen LogP contribution in [0, 0.1) is 0 Å². The number of hydrogen-bond acceptors (Lipinski definition) is 2. The zero-order valence-corrected chi connectivity index (χ0v) is 10.0. The van der Waals surface area contributed by atoms with Crippen molar-refractivity contribution in [1.82, 2.24) is 0 Å². The summed E-state index contributed by atoms with van der Waals surface area (Å²) in [5.74, 6) is 0.957. The molecule has 0 aliphatic carbocycles.